The van der Waals surface area contributed by atoms with Crippen molar-refractivity contribution in [1.82, 2.24) is 4.98 Å². The average molecular weight is 447 g/mol. The van der Waals surface area contributed by atoms with Crippen LogP contribution in [0.5, 0.6) is 5.75 Å². The third-order valence-electron chi connectivity index (χ3n) is 4.96. The van der Waals surface area contributed by atoms with Crippen LogP contribution in [0.3, 0.4) is 0 Å². The van der Waals surface area contributed by atoms with Gasteiger partial charge in [-0.1, -0.05) is 6.07 Å². The van der Waals surface area contributed by atoms with Crippen molar-refractivity contribution in [2.75, 3.05) is 18.2 Å². The van der Waals surface area contributed by atoms with Crippen molar-refractivity contribution < 1.29 is 31.5 Å². The van der Waals surface area contributed by atoms with Crippen molar-refractivity contribution in [2.45, 2.75) is 35.4 Å². The lowest BCUT2D eigenvalue weighted by Crippen LogP contribution is -2.37. The number of amides is 1. The van der Waals surface area contributed by atoms with Crippen molar-refractivity contribution in [2.24, 2.45) is 0 Å². The van der Waals surface area contributed by atoms with Crippen LogP contribution in [-0.4, -0.2) is 34.2 Å². The predicted molar refractivity (Wildman–Crippen MR) is 103 cm³/mol. The van der Waals surface area contributed by atoms with Crippen LogP contribution in [-0.2, 0) is 4.79 Å². The summed E-state index contributed by atoms with van der Waals surface area (Å²) in [6.45, 7) is 0.981. The first-order chi connectivity index (χ1) is 14.0. The number of methoxy groups -OCH3 is 1. The number of carbonyl (C=O) groups is 1. The summed E-state index contributed by atoms with van der Waals surface area (Å²) < 4.78 is 71.7. The predicted octanol–water partition coefficient (Wildman–Crippen LogP) is 4.50. The fourth-order valence-electron chi connectivity index (χ4n) is 3.37. The van der Waals surface area contributed by atoms with Crippen LogP contribution < -0.4 is 15.8 Å². The van der Waals surface area contributed by atoms with E-state index in [4.69, 9.17) is 10.5 Å². The number of nitrogen functional groups attached to an aromatic ring is 1. The monoisotopic (exact) mass is 447 g/mol. The van der Waals surface area contributed by atoms with Crippen molar-refractivity contribution >= 4 is 29.2 Å². The van der Waals surface area contributed by atoms with Crippen LogP contribution >= 0.6 is 11.8 Å². The molecule has 1 aromatic carbocycles. The topological polar surface area (TPSA) is 77.2 Å². The van der Waals surface area contributed by atoms with Crippen molar-refractivity contribution in [3.05, 3.63) is 47.7 Å². The number of halogens is 5. The number of carbonyl (C=O) groups excluding carboxylic acids is 1. The number of nitrogens with zero attached hydrogens (tertiary/aromatic N) is 1. The summed E-state index contributed by atoms with van der Waals surface area (Å²) in [6, 6.07) is 4.83. The zero-order valence-electron chi connectivity index (χ0n) is 15.9. The number of nitrogens with one attached hydrogen (secondary N) is 1. The van der Waals surface area contributed by atoms with Crippen LogP contribution in [0.4, 0.5) is 33.5 Å². The third-order valence-corrected chi connectivity index (χ3v) is 6.67. The molecule has 5 nitrogen and oxygen atoms in total. The van der Waals surface area contributed by atoms with Crippen LogP contribution in [0.2, 0.25) is 0 Å². The van der Waals surface area contributed by atoms with E-state index in [0.29, 0.717) is 11.8 Å². The van der Waals surface area contributed by atoms with E-state index in [1.807, 2.05) is 0 Å². The Hall–Kier alpha value is -2.56. The summed E-state index contributed by atoms with van der Waals surface area (Å²) >= 11 is 0.429. The molecule has 3 N–H and O–H groups in total. The number of aromatic nitrogens is 1. The van der Waals surface area contributed by atoms with Gasteiger partial charge in [-0.25, -0.2) is 9.37 Å². The normalized spacial score (nSPS) is 24.0. The smallest absolute Gasteiger partial charge is 0.403 e. The average Bonchev–Trinajstić information content (AvgIpc) is 3.04. The number of alkyl halides is 3. The summed E-state index contributed by atoms with van der Waals surface area (Å²) in [7, 11) is 1.08. The summed E-state index contributed by atoms with van der Waals surface area (Å²) in [5.41, 5.74) is 5.72. The molecule has 0 aliphatic carbocycles. The maximum Gasteiger partial charge on any atom is 0.403 e. The second-order valence-electron chi connectivity index (χ2n) is 7.02. The molecule has 1 saturated heterocycles. The molecule has 1 aromatic heterocycles. The molecule has 3 rings (SSSR count). The van der Waals surface area contributed by atoms with Crippen molar-refractivity contribution in [3.63, 3.8) is 0 Å². The minimum atomic E-state index is -4.63. The molecule has 0 radical (unpaired) electrons. The fraction of sp³-hybridized carbons (Fsp3) is 0.368. The molecule has 162 valence electrons. The minimum absolute atomic E-state index is 0.00699. The molecule has 30 heavy (non-hydrogen) atoms. The Labute approximate surface area is 173 Å². The maximum atomic E-state index is 14.2. The Morgan fingerprint density at radius 1 is 1.30 bits per heavy atom. The molecule has 1 fully saturated rings. The number of hydrogen-bond donors (Lipinski definition) is 2. The van der Waals surface area contributed by atoms with Gasteiger partial charge in [-0.05, 0) is 31.5 Å². The minimum Gasteiger partial charge on any atom is -0.493 e. The lowest BCUT2D eigenvalue weighted by Gasteiger charge is -2.26. The van der Waals surface area contributed by atoms with Crippen LogP contribution in [0.1, 0.15) is 24.8 Å². The van der Waals surface area contributed by atoms with E-state index in [-0.39, 0.29) is 17.1 Å². The maximum absolute atomic E-state index is 14.2. The van der Waals surface area contributed by atoms with Crippen LogP contribution in [0.25, 0.3) is 0 Å². The standard InChI is InChI=1S/C19H18F5N3O2S/c1-18(19(22,23)24)7-11(10-4-5-12(20)14(21)15(10)29-2)16(30-18)17(28)27-9-3-6-13(25)26-8-9/h3-6,8,11,16H,7H2,1-2H3,(H2,25,26)(H,27,28). The van der Waals surface area contributed by atoms with E-state index in [1.165, 1.54) is 18.3 Å². The number of thioether (sulfide) groups is 1. The number of hydrogen-bond acceptors (Lipinski definition) is 5. The number of anilines is 2. The van der Waals surface area contributed by atoms with Gasteiger partial charge in [0.25, 0.3) is 0 Å². The summed E-state index contributed by atoms with van der Waals surface area (Å²) in [5, 5.41) is 1.27. The van der Waals surface area contributed by atoms with Crippen molar-refractivity contribution in [3.8, 4) is 5.75 Å². The van der Waals surface area contributed by atoms with E-state index in [9.17, 15) is 26.7 Å². The SMILES string of the molecule is COc1c(C2CC(C)(C(F)(F)F)SC2C(=O)Nc2ccc(N)nc2)ccc(F)c1F. The Morgan fingerprint density at radius 3 is 2.57 bits per heavy atom. The van der Waals surface area contributed by atoms with Gasteiger partial charge >= 0.3 is 6.18 Å². The molecule has 0 spiro atoms. The zero-order chi connectivity index (χ0) is 22.3. The highest BCUT2D eigenvalue weighted by Crippen LogP contribution is 2.59. The molecular formula is C19H18F5N3O2S. The van der Waals surface area contributed by atoms with E-state index in [2.05, 4.69) is 10.3 Å². The third kappa shape index (κ3) is 4.03. The lowest BCUT2D eigenvalue weighted by molar-refractivity contribution is -0.155. The number of pyridine rings is 1. The molecule has 0 bridgehead atoms. The van der Waals surface area contributed by atoms with E-state index in [0.717, 1.165) is 26.2 Å². The molecule has 0 saturated carbocycles. The number of nitrogens with two attached hydrogens (primary N) is 1. The molecule has 2 aromatic rings. The van der Waals surface area contributed by atoms with Gasteiger partial charge in [0.1, 0.15) is 10.6 Å². The van der Waals surface area contributed by atoms with Crippen LogP contribution in [0, 0.1) is 11.6 Å². The number of ether oxygens (including phenoxy) is 1. The molecule has 1 aliphatic heterocycles. The highest BCUT2D eigenvalue weighted by Gasteiger charge is 2.60. The Kier molecular flexibility index (Phi) is 5.85. The fourth-order valence-corrected chi connectivity index (χ4v) is 4.91. The van der Waals surface area contributed by atoms with Gasteiger partial charge in [-0.3, -0.25) is 4.79 Å². The summed E-state index contributed by atoms with van der Waals surface area (Å²) in [5.74, 6) is -4.63. The second kappa shape index (κ2) is 7.93. The second-order valence-corrected chi connectivity index (χ2v) is 8.67. The first-order valence-electron chi connectivity index (χ1n) is 8.75. The highest BCUT2D eigenvalue weighted by molar-refractivity contribution is 8.02. The zero-order valence-corrected chi connectivity index (χ0v) is 16.7. The highest BCUT2D eigenvalue weighted by atomic mass is 32.2. The lowest BCUT2D eigenvalue weighted by atomic mass is 9.85. The van der Waals surface area contributed by atoms with Gasteiger partial charge in [0.2, 0.25) is 11.7 Å². The molecule has 1 amide bonds. The Bertz CT molecular complexity index is 954. The quantitative estimate of drug-likeness (QED) is 0.675. The van der Waals surface area contributed by atoms with Gasteiger partial charge in [0, 0.05) is 11.5 Å². The first kappa shape index (κ1) is 22.1. The first-order valence-corrected chi connectivity index (χ1v) is 9.63. The molecule has 1 aliphatic rings. The molecule has 3 unspecified atom stereocenters. The van der Waals surface area contributed by atoms with Gasteiger partial charge in [-0.15, -0.1) is 11.8 Å². The number of benzene rings is 1. The molecule has 11 heteroatoms. The van der Waals surface area contributed by atoms with E-state index in [1.54, 1.807) is 0 Å². The van der Waals surface area contributed by atoms with Gasteiger partial charge < -0.3 is 15.8 Å². The van der Waals surface area contributed by atoms with E-state index >= 15 is 0 Å². The molecular weight excluding hydrogens is 429 g/mol. The van der Waals surface area contributed by atoms with Gasteiger partial charge in [0.15, 0.2) is 11.6 Å². The Morgan fingerprint density at radius 2 is 2.00 bits per heavy atom. The molecule has 3 atom stereocenters. The summed E-state index contributed by atoms with van der Waals surface area (Å²) in [4.78, 5) is 16.7. The van der Waals surface area contributed by atoms with Gasteiger partial charge in [0.05, 0.1) is 24.2 Å². The van der Waals surface area contributed by atoms with Crippen molar-refractivity contribution in [1.29, 1.82) is 0 Å². The Balaban J connectivity index is 2.01. The molecule has 2 heterocycles. The van der Waals surface area contributed by atoms with E-state index < -0.39 is 51.8 Å². The largest absolute Gasteiger partial charge is 0.493 e. The van der Waals surface area contributed by atoms with Gasteiger partial charge in [-0.2, -0.15) is 17.6 Å². The number of rotatable bonds is 4. The van der Waals surface area contributed by atoms with Crippen LogP contribution in [0.15, 0.2) is 30.5 Å². The summed E-state index contributed by atoms with van der Waals surface area (Å²) in [6.07, 6.45) is -3.87.